The number of fused-ring (bicyclic) bond motifs is 5. The Kier molecular flexibility index (Phi) is 4.49. The normalized spacial score (nSPS) is 46.4. The minimum atomic E-state index is -0.444. The lowest BCUT2D eigenvalue weighted by Crippen LogP contribution is -2.59. The van der Waals surface area contributed by atoms with Crippen molar-refractivity contribution in [2.45, 2.75) is 77.1 Å². The summed E-state index contributed by atoms with van der Waals surface area (Å²) in [6.07, 6.45) is 8.92. The Bertz CT molecular complexity index is 1080. The molecule has 1 heterocycles. The number of ether oxygens (including phenoxy) is 3. The number of carbonyl (C=O) groups is 1. The van der Waals surface area contributed by atoms with Gasteiger partial charge in [-0.05, 0) is 86.2 Å². The fourth-order valence-corrected chi connectivity index (χ4v) is 10.2. The highest BCUT2D eigenvalue weighted by Gasteiger charge is 2.79. The van der Waals surface area contributed by atoms with E-state index in [1.54, 1.807) is 0 Å². The maximum absolute atomic E-state index is 13.3. The van der Waals surface area contributed by atoms with Crippen LogP contribution in [-0.4, -0.2) is 36.0 Å². The van der Waals surface area contributed by atoms with Gasteiger partial charge < -0.3 is 14.2 Å². The molecule has 5 aliphatic carbocycles. The standard InChI is InChI=1S/C28H35NO6/c1-25-10-7-18-16-27(18,25)23(35-24(30)17-3-5-19(6-4-17)29(31)32)15-20-21(25)8-11-26(2)22(20)9-12-28(26)33-13-14-34-28/h3-6,18,20-23H,7-16H2,1-2H3. The monoisotopic (exact) mass is 481 g/mol. The first-order chi connectivity index (χ1) is 16.7. The predicted molar refractivity (Wildman–Crippen MR) is 126 cm³/mol. The molecule has 7 heteroatoms. The van der Waals surface area contributed by atoms with Crippen LogP contribution in [0.25, 0.3) is 0 Å². The molecule has 1 aliphatic heterocycles. The number of benzene rings is 1. The Labute approximate surface area is 206 Å². The Morgan fingerprint density at radius 3 is 2.34 bits per heavy atom. The van der Waals surface area contributed by atoms with Crippen molar-refractivity contribution in [2.75, 3.05) is 13.2 Å². The van der Waals surface area contributed by atoms with Crippen LogP contribution in [0, 0.1) is 50.0 Å². The van der Waals surface area contributed by atoms with Crippen LogP contribution in [-0.2, 0) is 14.2 Å². The summed E-state index contributed by atoms with van der Waals surface area (Å²) in [6, 6.07) is 5.82. The molecule has 8 atom stereocenters. The smallest absolute Gasteiger partial charge is 0.338 e. The van der Waals surface area contributed by atoms with Crippen LogP contribution in [0.1, 0.15) is 75.6 Å². The molecule has 188 valence electrons. The van der Waals surface area contributed by atoms with E-state index in [2.05, 4.69) is 13.8 Å². The molecule has 0 N–H and O–H groups in total. The molecular formula is C28H35NO6. The number of rotatable bonds is 3. The molecule has 1 saturated heterocycles. The lowest BCUT2D eigenvalue weighted by Gasteiger charge is -2.61. The summed E-state index contributed by atoms with van der Waals surface area (Å²) in [4.78, 5) is 23.8. The number of hydrogen-bond donors (Lipinski definition) is 0. The first-order valence-corrected chi connectivity index (χ1v) is 13.5. The second kappa shape index (κ2) is 7.06. The van der Waals surface area contributed by atoms with Crippen molar-refractivity contribution in [1.82, 2.24) is 0 Å². The van der Waals surface area contributed by atoms with Crippen molar-refractivity contribution in [3.63, 3.8) is 0 Å². The SMILES string of the molecule is CC12CCC3C(CC(OC(=O)c4ccc([N+](=O)[O-])cc4)C45CC4CCC35C)C1CCC21OCCO1. The zero-order valence-corrected chi connectivity index (χ0v) is 20.7. The Hall–Kier alpha value is -1.99. The van der Waals surface area contributed by atoms with E-state index in [0.29, 0.717) is 42.4 Å². The maximum Gasteiger partial charge on any atom is 0.338 e. The highest BCUT2D eigenvalue weighted by molar-refractivity contribution is 5.89. The second-order valence-corrected chi connectivity index (χ2v) is 12.7. The van der Waals surface area contributed by atoms with E-state index in [1.807, 2.05) is 0 Å². The van der Waals surface area contributed by atoms with Gasteiger partial charge in [-0.25, -0.2) is 4.79 Å². The lowest BCUT2D eigenvalue weighted by atomic mass is 9.46. The van der Waals surface area contributed by atoms with Gasteiger partial charge in [-0.2, -0.15) is 0 Å². The number of non-ortho nitro benzene ring substituents is 1. The van der Waals surface area contributed by atoms with Crippen LogP contribution in [0.2, 0.25) is 0 Å². The topological polar surface area (TPSA) is 87.9 Å². The Balaban J connectivity index is 1.20. The van der Waals surface area contributed by atoms with E-state index in [1.165, 1.54) is 49.9 Å². The molecule has 0 aromatic heterocycles. The van der Waals surface area contributed by atoms with E-state index >= 15 is 0 Å². The molecular weight excluding hydrogens is 446 g/mol. The molecule has 6 aliphatic rings. The predicted octanol–water partition coefficient (Wildman–Crippen LogP) is 5.52. The van der Waals surface area contributed by atoms with Crippen molar-refractivity contribution in [3.8, 4) is 0 Å². The molecule has 0 bridgehead atoms. The number of nitro benzene ring substituents is 1. The summed E-state index contributed by atoms with van der Waals surface area (Å²) >= 11 is 0. The largest absolute Gasteiger partial charge is 0.458 e. The van der Waals surface area contributed by atoms with Gasteiger partial charge in [0.25, 0.3) is 5.69 Å². The van der Waals surface area contributed by atoms with Gasteiger partial charge in [-0.15, -0.1) is 0 Å². The van der Waals surface area contributed by atoms with Gasteiger partial charge in [0.2, 0.25) is 0 Å². The molecule has 7 rings (SSSR count). The molecule has 0 radical (unpaired) electrons. The van der Waals surface area contributed by atoms with Gasteiger partial charge >= 0.3 is 5.97 Å². The van der Waals surface area contributed by atoms with E-state index in [0.717, 1.165) is 25.7 Å². The average Bonchev–Trinajstić information content (AvgIpc) is 3.11. The van der Waals surface area contributed by atoms with Crippen molar-refractivity contribution in [2.24, 2.45) is 39.9 Å². The molecule has 0 amide bonds. The fourth-order valence-electron chi connectivity index (χ4n) is 10.2. The second-order valence-electron chi connectivity index (χ2n) is 12.7. The van der Waals surface area contributed by atoms with Gasteiger partial charge in [0.1, 0.15) is 6.10 Å². The number of hydrogen-bond acceptors (Lipinski definition) is 6. The van der Waals surface area contributed by atoms with Crippen LogP contribution < -0.4 is 0 Å². The van der Waals surface area contributed by atoms with Crippen molar-refractivity contribution < 1.29 is 23.9 Å². The summed E-state index contributed by atoms with van der Waals surface area (Å²) in [6.45, 7) is 6.27. The number of carbonyl (C=O) groups excluding carboxylic acids is 1. The van der Waals surface area contributed by atoms with Crippen LogP contribution >= 0.6 is 0 Å². The fraction of sp³-hybridized carbons (Fsp3) is 0.750. The van der Waals surface area contributed by atoms with Crippen LogP contribution in [0.3, 0.4) is 0 Å². The number of nitro groups is 1. The molecule has 2 spiro atoms. The molecule has 5 saturated carbocycles. The van der Waals surface area contributed by atoms with E-state index < -0.39 is 10.7 Å². The molecule has 35 heavy (non-hydrogen) atoms. The van der Waals surface area contributed by atoms with Gasteiger partial charge in [-0.1, -0.05) is 13.8 Å². The number of nitrogens with zero attached hydrogens (tertiary/aromatic N) is 1. The first kappa shape index (κ1) is 22.2. The number of esters is 1. The highest BCUT2D eigenvalue weighted by atomic mass is 16.7. The molecule has 7 nitrogen and oxygen atoms in total. The molecule has 1 aromatic carbocycles. The maximum atomic E-state index is 13.3. The summed E-state index contributed by atoms with van der Waals surface area (Å²) < 4.78 is 19.0. The summed E-state index contributed by atoms with van der Waals surface area (Å²) in [5, 5.41) is 11.0. The summed E-state index contributed by atoms with van der Waals surface area (Å²) in [5.41, 5.74) is 0.705. The third-order valence-electron chi connectivity index (χ3n) is 11.9. The van der Waals surface area contributed by atoms with Crippen molar-refractivity contribution >= 4 is 11.7 Å². The molecule has 6 fully saturated rings. The molecule has 8 unspecified atom stereocenters. The third-order valence-corrected chi connectivity index (χ3v) is 11.9. The Morgan fingerprint density at radius 1 is 1.00 bits per heavy atom. The van der Waals surface area contributed by atoms with Crippen LogP contribution in [0.15, 0.2) is 24.3 Å². The van der Waals surface area contributed by atoms with Gasteiger partial charge in [0.15, 0.2) is 5.79 Å². The zero-order chi connectivity index (χ0) is 24.2. The van der Waals surface area contributed by atoms with Crippen molar-refractivity contribution in [1.29, 1.82) is 0 Å². The average molecular weight is 482 g/mol. The van der Waals surface area contributed by atoms with Gasteiger partial charge in [0.05, 0.1) is 23.7 Å². The summed E-state index contributed by atoms with van der Waals surface area (Å²) in [7, 11) is 0. The summed E-state index contributed by atoms with van der Waals surface area (Å²) in [5.74, 6) is 1.58. The lowest BCUT2D eigenvalue weighted by molar-refractivity contribution is -0.384. The van der Waals surface area contributed by atoms with E-state index in [9.17, 15) is 14.9 Å². The Morgan fingerprint density at radius 2 is 1.66 bits per heavy atom. The highest BCUT2D eigenvalue weighted by Crippen LogP contribution is 2.82. The minimum Gasteiger partial charge on any atom is -0.458 e. The minimum absolute atomic E-state index is 0.0139. The van der Waals surface area contributed by atoms with Crippen molar-refractivity contribution in [3.05, 3.63) is 39.9 Å². The van der Waals surface area contributed by atoms with Gasteiger partial charge in [0, 0.05) is 29.4 Å². The van der Waals surface area contributed by atoms with E-state index in [4.69, 9.17) is 14.2 Å². The zero-order valence-electron chi connectivity index (χ0n) is 20.7. The van der Waals surface area contributed by atoms with E-state index in [-0.39, 0.29) is 34.0 Å². The quantitative estimate of drug-likeness (QED) is 0.321. The van der Waals surface area contributed by atoms with Crippen LogP contribution in [0.5, 0.6) is 0 Å². The molecule has 1 aromatic rings. The first-order valence-electron chi connectivity index (χ1n) is 13.5. The van der Waals surface area contributed by atoms with Crippen LogP contribution in [0.4, 0.5) is 5.69 Å². The third kappa shape index (κ3) is 2.66. The van der Waals surface area contributed by atoms with Gasteiger partial charge in [-0.3, -0.25) is 10.1 Å².